The van der Waals surface area contributed by atoms with Gasteiger partial charge in [0.05, 0.1) is 0 Å². The van der Waals surface area contributed by atoms with Gasteiger partial charge in [0.25, 0.3) is 5.91 Å². The topological polar surface area (TPSA) is 68.0 Å². The van der Waals surface area contributed by atoms with E-state index < -0.39 is 0 Å². The number of carbonyl (C=O) groups excluding carboxylic acids is 1. The summed E-state index contributed by atoms with van der Waals surface area (Å²) in [5.41, 5.74) is 7.72. The highest BCUT2D eigenvalue weighted by Gasteiger charge is 2.11. The molecular formula is C11H11N3OS. The van der Waals surface area contributed by atoms with Crippen molar-refractivity contribution in [1.82, 2.24) is 4.98 Å². The Hall–Kier alpha value is -1.88. The fourth-order valence-electron chi connectivity index (χ4n) is 1.35. The van der Waals surface area contributed by atoms with Crippen LogP contribution in [0.3, 0.4) is 0 Å². The quantitative estimate of drug-likeness (QED) is 0.782. The molecule has 1 heterocycles. The van der Waals surface area contributed by atoms with Crippen molar-refractivity contribution >= 4 is 28.1 Å². The molecule has 0 spiro atoms. The minimum absolute atomic E-state index is 0.181. The van der Waals surface area contributed by atoms with Gasteiger partial charge in [-0.15, -0.1) is 11.3 Å². The van der Waals surface area contributed by atoms with Crippen LogP contribution in [0.25, 0.3) is 0 Å². The second-order valence-corrected chi connectivity index (χ2v) is 4.21. The summed E-state index contributed by atoms with van der Waals surface area (Å²) in [6.45, 7) is 1.83. The normalized spacial score (nSPS) is 10.1. The molecule has 0 bridgehead atoms. The van der Waals surface area contributed by atoms with Crippen molar-refractivity contribution < 1.29 is 4.79 Å². The van der Waals surface area contributed by atoms with Crippen LogP contribution in [0, 0.1) is 6.92 Å². The zero-order chi connectivity index (χ0) is 11.5. The first-order valence-electron chi connectivity index (χ1n) is 4.74. The number of amides is 1. The Morgan fingerprint density at radius 3 is 3.00 bits per heavy atom. The monoisotopic (exact) mass is 233 g/mol. The molecule has 1 aromatic carbocycles. The summed E-state index contributed by atoms with van der Waals surface area (Å²) in [5, 5.41) is 5.12. The van der Waals surface area contributed by atoms with Gasteiger partial charge in [-0.1, -0.05) is 6.07 Å². The third-order valence-electron chi connectivity index (χ3n) is 2.27. The molecule has 0 radical (unpaired) electrons. The molecule has 2 rings (SSSR count). The summed E-state index contributed by atoms with van der Waals surface area (Å²) in [4.78, 5) is 15.9. The molecule has 0 atom stereocenters. The number of thiazole rings is 1. The third kappa shape index (κ3) is 2.04. The number of hydrogen-bond acceptors (Lipinski definition) is 4. The van der Waals surface area contributed by atoms with E-state index in [0.717, 1.165) is 5.56 Å². The Morgan fingerprint density at radius 2 is 2.31 bits per heavy atom. The first kappa shape index (κ1) is 10.6. The number of nitrogen functional groups attached to an aromatic ring is 1. The van der Waals surface area contributed by atoms with Crippen LogP contribution in [0.2, 0.25) is 0 Å². The Balaban J connectivity index is 2.24. The van der Waals surface area contributed by atoms with Gasteiger partial charge in [-0.05, 0) is 24.6 Å². The fraction of sp³-hybridized carbons (Fsp3) is 0.0909. The van der Waals surface area contributed by atoms with Gasteiger partial charge in [-0.2, -0.15) is 0 Å². The van der Waals surface area contributed by atoms with Crippen LogP contribution in [0.1, 0.15) is 15.9 Å². The second kappa shape index (κ2) is 4.32. The molecule has 1 aromatic heterocycles. The first-order valence-corrected chi connectivity index (χ1v) is 5.62. The lowest BCUT2D eigenvalue weighted by Gasteiger charge is -2.07. The van der Waals surface area contributed by atoms with E-state index in [4.69, 9.17) is 5.73 Å². The van der Waals surface area contributed by atoms with Crippen molar-refractivity contribution in [3.8, 4) is 0 Å². The highest BCUT2D eigenvalue weighted by atomic mass is 32.1. The van der Waals surface area contributed by atoms with E-state index in [9.17, 15) is 4.79 Å². The summed E-state index contributed by atoms with van der Waals surface area (Å²) < 4.78 is 0. The van der Waals surface area contributed by atoms with E-state index in [0.29, 0.717) is 16.4 Å². The molecular weight excluding hydrogens is 222 g/mol. The molecule has 3 N–H and O–H groups in total. The molecule has 0 saturated carbocycles. The zero-order valence-corrected chi connectivity index (χ0v) is 9.54. The van der Waals surface area contributed by atoms with Crippen LogP contribution in [-0.2, 0) is 0 Å². The number of anilines is 2. The molecule has 0 aliphatic rings. The van der Waals surface area contributed by atoms with Crippen molar-refractivity contribution in [3.63, 3.8) is 0 Å². The lowest BCUT2D eigenvalue weighted by Crippen LogP contribution is -2.13. The maximum Gasteiger partial charge on any atom is 0.257 e. The summed E-state index contributed by atoms with van der Waals surface area (Å²) in [5.74, 6) is -0.181. The molecule has 0 aliphatic carbocycles. The number of carbonyl (C=O) groups is 1. The Morgan fingerprint density at radius 1 is 1.50 bits per heavy atom. The Labute approximate surface area is 97.1 Å². The van der Waals surface area contributed by atoms with Crippen molar-refractivity contribution in [1.29, 1.82) is 0 Å². The molecule has 5 heteroatoms. The Bertz CT molecular complexity index is 508. The van der Waals surface area contributed by atoms with E-state index in [1.807, 2.05) is 12.3 Å². The SMILES string of the molecule is Cc1c(N)cccc1C(=O)Nc1nccs1. The average molecular weight is 233 g/mol. The van der Waals surface area contributed by atoms with E-state index in [1.165, 1.54) is 11.3 Å². The van der Waals surface area contributed by atoms with Crippen LogP contribution in [0.15, 0.2) is 29.8 Å². The van der Waals surface area contributed by atoms with Gasteiger partial charge in [-0.25, -0.2) is 4.98 Å². The van der Waals surface area contributed by atoms with Gasteiger partial charge in [0, 0.05) is 22.8 Å². The number of rotatable bonds is 2. The molecule has 82 valence electrons. The van der Waals surface area contributed by atoms with Gasteiger partial charge in [0.15, 0.2) is 5.13 Å². The summed E-state index contributed by atoms with van der Waals surface area (Å²) in [7, 11) is 0. The van der Waals surface area contributed by atoms with Crippen molar-refractivity contribution in [3.05, 3.63) is 40.9 Å². The second-order valence-electron chi connectivity index (χ2n) is 3.31. The van der Waals surface area contributed by atoms with E-state index in [-0.39, 0.29) is 5.91 Å². The van der Waals surface area contributed by atoms with Crippen molar-refractivity contribution in [2.45, 2.75) is 6.92 Å². The van der Waals surface area contributed by atoms with Crippen molar-refractivity contribution in [2.24, 2.45) is 0 Å². The molecule has 0 unspecified atom stereocenters. The van der Waals surface area contributed by atoms with Gasteiger partial charge in [0.2, 0.25) is 0 Å². The fourth-order valence-corrected chi connectivity index (χ4v) is 1.87. The van der Waals surface area contributed by atoms with Gasteiger partial charge in [0.1, 0.15) is 0 Å². The van der Waals surface area contributed by atoms with E-state index in [2.05, 4.69) is 10.3 Å². The van der Waals surface area contributed by atoms with Crippen LogP contribution in [-0.4, -0.2) is 10.9 Å². The molecule has 4 nitrogen and oxygen atoms in total. The average Bonchev–Trinajstić information content (AvgIpc) is 2.74. The van der Waals surface area contributed by atoms with Crippen molar-refractivity contribution in [2.75, 3.05) is 11.1 Å². The third-order valence-corrected chi connectivity index (χ3v) is 2.96. The van der Waals surface area contributed by atoms with E-state index in [1.54, 1.807) is 24.4 Å². The van der Waals surface area contributed by atoms with Crippen LogP contribution >= 0.6 is 11.3 Å². The van der Waals surface area contributed by atoms with Gasteiger partial charge >= 0.3 is 0 Å². The smallest absolute Gasteiger partial charge is 0.257 e. The number of hydrogen-bond donors (Lipinski definition) is 2. The largest absolute Gasteiger partial charge is 0.398 e. The minimum atomic E-state index is -0.181. The summed E-state index contributed by atoms with van der Waals surface area (Å²) in [6.07, 6.45) is 1.65. The highest BCUT2D eigenvalue weighted by molar-refractivity contribution is 7.13. The lowest BCUT2D eigenvalue weighted by molar-refractivity contribution is 0.102. The molecule has 1 amide bonds. The van der Waals surface area contributed by atoms with Crippen LogP contribution < -0.4 is 11.1 Å². The summed E-state index contributed by atoms with van der Waals surface area (Å²) >= 11 is 1.38. The zero-order valence-electron chi connectivity index (χ0n) is 8.73. The predicted octanol–water partition coefficient (Wildman–Crippen LogP) is 2.29. The lowest BCUT2D eigenvalue weighted by atomic mass is 10.1. The van der Waals surface area contributed by atoms with Crippen LogP contribution in [0.4, 0.5) is 10.8 Å². The molecule has 0 saturated heterocycles. The maximum absolute atomic E-state index is 11.9. The number of nitrogens with one attached hydrogen (secondary N) is 1. The number of aromatic nitrogens is 1. The maximum atomic E-state index is 11.9. The Kier molecular flexibility index (Phi) is 2.87. The number of nitrogens with two attached hydrogens (primary N) is 1. The molecule has 0 aliphatic heterocycles. The standard InChI is InChI=1S/C11H11N3OS/c1-7-8(3-2-4-9(7)12)10(15)14-11-13-5-6-16-11/h2-6H,12H2,1H3,(H,13,14,15). The molecule has 0 fully saturated rings. The summed E-state index contributed by atoms with van der Waals surface area (Å²) in [6, 6.07) is 5.28. The van der Waals surface area contributed by atoms with E-state index >= 15 is 0 Å². The first-order chi connectivity index (χ1) is 7.68. The predicted molar refractivity (Wildman–Crippen MR) is 65.7 cm³/mol. The van der Waals surface area contributed by atoms with Gasteiger partial charge in [-0.3, -0.25) is 10.1 Å². The highest BCUT2D eigenvalue weighted by Crippen LogP contribution is 2.18. The van der Waals surface area contributed by atoms with Gasteiger partial charge < -0.3 is 5.73 Å². The molecule has 2 aromatic rings. The van der Waals surface area contributed by atoms with Crippen LogP contribution in [0.5, 0.6) is 0 Å². The number of benzene rings is 1. The molecule has 16 heavy (non-hydrogen) atoms. The number of nitrogens with zero attached hydrogens (tertiary/aromatic N) is 1. The minimum Gasteiger partial charge on any atom is -0.398 e.